The topological polar surface area (TPSA) is 94.3 Å². The van der Waals surface area contributed by atoms with Gasteiger partial charge in [-0.15, -0.1) is 15.3 Å². The first-order valence-electron chi connectivity index (χ1n) is 9.09. The second kappa shape index (κ2) is 7.17. The van der Waals surface area contributed by atoms with Crippen molar-refractivity contribution in [3.8, 4) is 0 Å². The van der Waals surface area contributed by atoms with E-state index in [2.05, 4.69) is 25.5 Å². The van der Waals surface area contributed by atoms with Crippen LogP contribution in [0, 0.1) is 0 Å². The summed E-state index contributed by atoms with van der Waals surface area (Å²) in [4.78, 5) is 14.8. The second-order valence-electron chi connectivity index (χ2n) is 6.69. The molecule has 5 aromatic rings. The van der Waals surface area contributed by atoms with Crippen molar-refractivity contribution in [1.29, 1.82) is 0 Å². The Hall–Kier alpha value is -3.46. The van der Waals surface area contributed by atoms with Gasteiger partial charge in [-0.2, -0.15) is 0 Å². The van der Waals surface area contributed by atoms with Crippen LogP contribution >= 0.6 is 11.8 Å². The van der Waals surface area contributed by atoms with Crippen LogP contribution in [0.3, 0.4) is 0 Å². The molecule has 2 aromatic carbocycles. The van der Waals surface area contributed by atoms with Crippen molar-refractivity contribution in [2.45, 2.75) is 17.5 Å². The lowest BCUT2D eigenvalue weighted by Gasteiger charge is -2.07. The van der Waals surface area contributed by atoms with Gasteiger partial charge >= 0.3 is 0 Å². The molecule has 3 heterocycles. The third-order valence-electron chi connectivity index (χ3n) is 4.83. The number of hydrogen-bond donors (Lipinski definition) is 1. The van der Waals surface area contributed by atoms with Crippen molar-refractivity contribution in [3.63, 3.8) is 0 Å². The maximum Gasteiger partial charge on any atom is 0.248 e. The first-order valence-corrected chi connectivity index (χ1v) is 10.1. The van der Waals surface area contributed by atoms with Crippen LogP contribution in [0.2, 0.25) is 0 Å². The summed E-state index contributed by atoms with van der Waals surface area (Å²) in [6, 6.07) is 17.3. The Kier molecular flexibility index (Phi) is 4.36. The van der Waals surface area contributed by atoms with Crippen LogP contribution in [-0.2, 0) is 19.3 Å². The predicted molar refractivity (Wildman–Crippen MR) is 112 cm³/mol. The van der Waals surface area contributed by atoms with Crippen LogP contribution in [0.4, 0.5) is 0 Å². The average molecular weight is 403 g/mol. The molecule has 1 N–H and O–H groups in total. The maximum absolute atomic E-state index is 12.0. The molecule has 0 amide bonds. The summed E-state index contributed by atoms with van der Waals surface area (Å²) in [5.41, 5.74) is 3.52. The Bertz CT molecular complexity index is 1380. The van der Waals surface area contributed by atoms with Gasteiger partial charge in [0.2, 0.25) is 5.56 Å². The van der Waals surface area contributed by atoms with Gasteiger partial charge in [0.1, 0.15) is 12.1 Å². The highest BCUT2D eigenvalue weighted by atomic mass is 32.2. The van der Waals surface area contributed by atoms with E-state index in [0.717, 1.165) is 38.5 Å². The molecule has 3 aromatic heterocycles. The number of H-pyrrole nitrogens is 1. The molecule has 0 aliphatic carbocycles. The minimum Gasteiger partial charge on any atom is -0.322 e. The van der Waals surface area contributed by atoms with Gasteiger partial charge in [-0.25, -0.2) is 4.68 Å². The van der Waals surface area contributed by atoms with E-state index in [-0.39, 0.29) is 5.56 Å². The highest BCUT2D eigenvalue weighted by Gasteiger charge is 2.13. The first-order chi connectivity index (χ1) is 14.2. The van der Waals surface area contributed by atoms with Crippen LogP contribution in [0.15, 0.2) is 64.5 Å². The van der Waals surface area contributed by atoms with Gasteiger partial charge in [0, 0.05) is 29.8 Å². The van der Waals surface area contributed by atoms with Gasteiger partial charge in [-0.1, -0.05) is 47.3 Å². The first kappa shape index (κ1) is 17.6. The number of thioether (sulfide) groups is 1. The highest BCUT2D eigenvalue weighted by molar-refractivity contribution is 7.98. The van der Waals surface area contributed by atoms with Gasteiger partial charge in [-0.3, -0.25) is 4.79 Å². The van der Waals surface area contributed by atoms with Crippen molar-refractivity contribution in [2.75, 3.05) is 0 Å². The molecule has 0 spiro atoms. The molecular formula is C20H17N7OS. The summed E-state index contributed by atoms with van der Waals surface area (Å²) < 4.78 is 3.77. The molecule has 0 aliphatic heterocycles. The SMILES string of the molecule is Cn1c(Cn2nnc3ccccc32)nnc1SCc1cc(=O)[nH]c2ccccc12. The summed E-state index contributed by atoms with van der Waals surface area (Å²) >= 11 is 1.55. The molecule has 0 atom stereocenters. The summed E-state index contributed by atoms with van der Waals surface area (Å²) in [5, 5.41) is 18.9. The molecule has 144 valence electrons. The Morgan fingerprint density at radius 1 is 1.03 bits per heavy atom. The summed E-state index contributed by atoms with van der Waals surface area (Å²) in [6.07, 6.45) is 0. The number of nitrogens with zero attached hydrogens (tertiary/aromatic N) is 6. The van der Waals surface area contributed by atoms with E-state index in [1.807, 2.05) is 64.8 Å². The lowest BCUT2D eigenvalue weighted by molar-refractivity contribution is 0.613. The van der Waals surface area contributed by atoms with Crippen molar-refractivity contribution in [2.24, 2.45) is 7.05 Å². The standard InChI is InChI=1S/C20H17N7OS/c1-26-18(11-27-17-9-5-4-8-16(17)22-25-27)23-24-20(26)29-12-13-10-19(28)21-15-7-3-2-6-14(13)15/h2-10H,11-12H2,1H3,(H,21,28). The average Bonchev–Trinajstić information content (AvgIpc) is 3.30. The van der Waals surface area contributed by atoms with E-state index in [4.69, 9.17) is 0 Å². The number of para-hydroxylation sites is 2. The molecule has 0 aliphatic rings. The number of pyridine rings is 1. The number of aromatic nitrogens is 7. The lowest BCUT2D eigenvalue weighted by Crippen LogP contribution is -2.08. The Morgan fingerprint density at radius 2 is 1.86 bits per heavy atom. The zero-order valence-corrected chi connectivity index (χ0v) is 16.4. The summed E-state index contributed by atoms with van der Waals surface area (Å²) in [5.74, 6) is 1.42. The van der Waals surface area contributed by atoms with E-state index >= 15 is 0 Å². The van der Waals surface area contributed by atoms with Crippen molar-refractivity contribution in [1.82, 2.24) is 34.7 Å². The normalized spacial score (nSPS) is 11.5. The van der Waals surface area contributed by atoms with E-state index in [9.17, 15) is 4.79 Å². The zero-order chi connectivity index (χ0) is 19.8. The third kappa shape index (κ3) is 3.29. The smallest absolute Gasteiger partial charge is 0.248 e. The fraction of sp³-hybridized carbons (Fsp3) is 0.150. The second-order valence-corrected chi connectivity index (χ2v) is 7.63. The summed E-state index contributed by atoms with van der Waals surface area (Å²) in [7, 11) is 1.94. The maximum atomic E-state index is 12.0. The number of fused-ring (bicyclic) bond motifs is 2. The van der Waals surface area contributed by atoms with Crippen molar-refractivity contribution in [3.05, 3.63) is 76.3 Å². The van der Waals surface area contributed by atoms with Crippen LogP contribution in [0.25, 0.3) is 21.9 Å². The van der Waals surface area contributed by atoms with Crippen LogP contribution < -0.4 is 5.56 Å². The number of benzene rings is 2. The molecule has 29 heavy (non-hydrogen) atoms. The molecule has 8 nitrogen and oxygen atoms in total. The van der Waals surface area contributed by atoms with Gasteiger partial charge in [0.25, 0.3) is 0 Å². The Morgan fingerprint density at radius 3 is 2.79 bits per heavy atom. The lowest BCUT2D eigenvalue weighted by atomic mass is 10.1. The minimum atomic E-state index is -0.101. The molecule has 5 rings (SSSR count). The van der Waals surface area contributed by atoms with E-state index in [1.54, 1.807) is 17.8 Å². The molecule has 0 saturated carbocycles. The largest absolute Gasteiger partial charge is 0.322 e. The molecule has 0 fully saturated rings. The fourth-order valence-electron chi connectivity index (χ4n) is 3.32. The molecular weight excluding hydrogens is 386 g/mol. The van der Waals surface area contributed by atoms with Gasteiger partial charge in [-0.05, 0) is 23.8 Å². The van der Waals surface area contributed by atoms with E-state index in [1.165, 1.54) is 0 Å². The molecule has 0 radical (unpaired) electrons. The number of hydrogen-bond acceptors (Lipinski definition) is 6. The highest BCUT2D eigenvalue weighted by Crippen LogP contribution is 2.25. The van der Waals surface area contributed by atoms with Gasteiger partial charge < -0.3 is 9.55 Å². The van der Waals surface area contributed by atoms with Crippen LogP contribution in [-0.4, -0.2) is 34.7 Å². The predicted octanol–water partition coefficient (Wildman–Crippen LogP) is 2.74. The number of nitrogens with one attached hydrogen (secondary N) is 1. The number of rotatable bonds is 5. The number of aromatic amines is 1. The van der Waals surface area contributed by atoms with Crippen molar-refractivity contribution >= 4 is 33.7 Å². The Labute approximate surface area is 169 Å². The zero-order valence-electron chi connectivity index (χ0n) is 15.6. The van der Waals surface area contributed by atoms with Crippen molar-refractivity contribution < 1.29 is 0 Å². The van der Waals surface area contributed by atoms with Gasteiger partial charge in [0.15, 0.2) is 11.0 Å². The van der Waals surface area contributed by atoms with Gasteiger partial charge in [0.05, 0.1) is 5.52 Å². The Balaban J connectivity index is 1.39. The molecule has 0 unspecified atom stereocenters. The summed E-state index contributed by atoms with van der Waals surface area (Å²) in [6.45, 7) is 0.485. The monoisotopic (exact) mass is 403 g/mol. The van der Waals surface area contributed by atoms with Crippen LogP contribution in [0.5, 0.6) is 0 Å². The van der Waals surface area contributed by atoms with E-state index < -0.39 is 0 Å². The third-order valence-corrected chi connectivity index (χ3v) is 5.90. The van der Waals surface area contributed by atoms with E-state index in [0.29, 0.717) is 12.3 Å². The quantitative estimate of drug-likeness (QED) is 0.454. The molecule has 0 bridgehead atoms. The minimum absolute atomic E-state index is 0.101. The van der Waals surface area contributed by atoms with Crippen LogP contribution in [0.1, 0.15) is 11.4 Å². The molecule has 0 saturated heterocycles. The fourth-order valence-corrected chi connectivity index (χ4v) is 4.24. The molecule has 9 heteroatoms.